The number of nitrogens with one attached hydrogen (secondary N) is 1. The van der Waals surface area contributed by atoms with Crippen LogP contribution in [0, 0.1) is 0 Å². The first-order valence-corrected chi connectivity index (χ1v) is 16.1. The summed E-state index contributed by atoms with van der Waals surface area (Å²) in [5.41, 5.74) is 1.75. The molecule has 0 spiro atoms. The van der Waals surface area contributed by atoms with Gasteiger partial charge in [0.1, 0.15) is 12.6 Å². The van der Waals surface area contributed by atoms with Crippen molar-refractivity contribution in [2.45, 2.75) is 83.8 Å². The van der Waals surface area contributed by atoms with Crippen molar-refractivity contribution in [1.82, 2.24) is 10.2 Å². The molecule has 1 atom stereocenters. The highest BCUT2D eigenvalue weighted by Gasteiger charge is 2.34. The number of sulfonamides is 1. The summed E-state index contributed by atoms with van der Waals surface area (Å²) in [4.78, 5) is 29.0. The van der Waals surface area contributed by atoms with E-state index in [1.54, 1.807) is 30.3 Å². The van der Waals surface area contributed by atoms with Crippen molar-refractivity contribution < 1.29 is 18.0 Å². The summed E-state index contributed by atoms with van der Waals surface area (Å²) in [6.07, 6.45) is 6.49. The molecule has 7 nitrogen and oxygen atoms in total. The molecule has 3 rings (SSSR count). The minimum atomic E-state index is -3.83. The second-order valence-electron chi connectivity index (χ2n) is 10.5. The van der Waals surface area contributed by atoms with Crippen LogP contribution in [0.2, 0.25) is 10.0 Å². The molecule has 2 aromatic carbocycles. The molecule has 1 N–H and O–H groups in total. The van der Waals surface area contributed by atoms with Gasteiger partial charge in [-0.2, -0.15) is 0 Å². The van der Waals surface area contributed by atoms with Gasteiger partial charge in [-0.25, -0.2) is 8.42 Å². The number of carbonyl (C=O) groups excluding carboxylic acids is 2. The topological polar surface area (TPSA) is 86.8 Å². The number of carbonyl (C=O) groups is 2. The zero-order chi connectivity index (χ0) is 28.7. The minimum Gasteiger partial charge on any atom is -0.352 e. The van der Waals surface area contributed by atoms with Crippen molar-refractivity contribution in [3.05, 3.63) is 63.6 Å². The summed E-state index contributed by atoms with van der Waals surface area (Å²) in [6, 6.07) is 11.4. The number of amides is 2. The van der Waals surface area contributed by atoms with Crippen LogP contribution >= 0.6 is 23.2 Å². The van der Waals surface area contributed by atoms with Crippen LogP contribution in [0.1, 0.15) is 76.3 Å². The molecule has 0 heterocycles. The number of hydrogen-bond donors (Lipinski definition) is 1. The third-order valence-electron chi connectivity index (χ3n) is 7.23. The van der Waals surface area contributed by atoms with E-state index in [9.17, 15) is 18.0 Å². The highest BCUT2D eigenvalue weighted by molar-refractivity contribution is 7.92. The SMILES string of the molecule is CC[C@@H](C(=O)NC1CCCCC1)N(Cc1c(Cl)cccc1Cl)C(=O)CN(c1ccccc1C(C)C)S(C)(=O)=O. The molecule has 0 radical (unpaired) electrons. The number of rotatable bonds is 11. The van der Waals surface area contributed by atoms with Crippen LogP contribution in [0.3, 0.4) is 0 Å². The van der Waals surface area contributed by atoms with E-state index in [0.29, 0.717) is 27.7 Å². The molecule has 0 aliphatic heterocycles. The van der Waals surface area contributed by atoms with Crippen LogP contribution in [-0.2, 0) is 26.2 Å². The highest BCUT2D eigenvalue weighted by Crippen LogP contribution is 2.31. The number of para-hydroxylation sites is 1. The molecular weight excluding hydrogens is 557 g/mol. The zero-order valence-electron chi connectivity index (χ0n) is 23.1. The molecule has 1 aliphatic carbocycles. The Hall–Kier alpha value is -2.29. The van der Waals surface area contributed by atoms with Gasteiger partial charge in [0, 0.05) is 28.2 Å². The fraction of sp³-hybridized carbons (Fsp3) is 0.517. The van der Waals surface area contributed by atoms with Gasteiger partial charge in [0.2, 0.25) is 21.8 Å². The van der Waals surface area contributed by atoms with Gasteiger partial charge in [-0.05, 0) is 48.9 Å². The summed E-state index contributed by atoms with van der Waals surface area (Å²) in [6.45, 7) is 5.28. The van der Waals surface area contributed by atoms with E-state index in [-0.39, 0.29) is 24.4 Å². The van der Waals surface area contributed by atoms with E-state index in [1.165, 1.54) is 4.90 Å². The fourth-order valence-corrected chi connectivity index (χ4v) is 6.50. The van der Waals surface area contributed by atoms with Crippen molar-refractivity contribution in [2.24, 2.45) is 0 Å². The van der Waals surface area contributed by atoms with Crippen molar-refractivity contribution in [2.75, 3.05) is 17.1 Å². The Bertz CT molecular complexity index is 1240. The lowest BCUT2D eigenvalue weighted by Gasteiger charge is -2.35. The van der Waals surface area contributed by atoms with Crippen LogP contribution < -0.4 is 9.62 Å². The summed E-state index contributed by atoms with van der Waals surface area (Å²) in [5.74, 6) is -0.738. The number of anilines is 1. The number of halogens is 2. The van der Waals surface area contributed by atoms with E-state index in [0.717, 1.165) is 48.2 Å². The van der Waals surface area contributed by atoms with Crippen molar-refractivity contribution >= 4 is 50.7 Å². The number of nitrogens with zero attached hydrogens (tertiary/aromatic N) is 2. The maximum atomic E-state index is 14.0. The quantitative estimate of drug-likeness (QED) is 0.338. The third-order valence-corrected chi connectivity index (χ3v) is 9.07. The van der Waals surface area contributed by atoms with Crippen molar-refractivity contribution in [3.63, 3.8) is 0 Å². The second-order valence-corrected chi connectivity index (χ2v) is 13.2. The normalized spacial score (nSPS) is 15.2. The molecule has 0 unspecified atom stereocenters. The average Bonchev–Trinajstić information content (AvgIpc) is 2.88. The lowest BCUT2D eigenvalue weighted by atomic mass is 9.95. The lowest BCUT2D eigenvalue weighted by Crippen LogP contribution is -2.54. The van der Waals surface area contributed by atoms with Crippen LogP contribution in [-0.4, -0.2) is 50.0 Å². The van der Waals surface area contributed by atoms with E-state index in [1.807, 2.05) is 32.9 Å². The van der Waals surface area contributed by atoms with Crippen LogP contribution in [0.15, 0.2) is 42.5 Å². The van der Waals surface area contributed by atoms with Crippen LogP contribution in [0.5, 0.6) is 0 Å². The first kappa shape index (κ1) is 31.2. The zero-order valence-corrected chi connectivity index (χ0v) is 25.5. The Morgan fingerprint density at radius 2 is 1.62 bits per heavy atom. The standard InChI is InChI=1S/C29H39Cl2N3O4S/c1-5-26(29(36)32-21-12-7-6-8-13-21)33(18-23-24(30)15-11-16-25(23)31)28(35)19-34(39(4,37)38)27-17-10-9-14-22(27)20(2)3/h9-11,14-17,20-21,26H,5-8,12-13,18-19H2,1-4H3,(H,32,36)/t26-/m0/s1. The summed E-state index contributed by atoms with van der Waals surface area (Å²) in [7, 11) is -3.83. The van der Waals surface area contributed by atoms with Gasteiger partial charge < -0.3 is 10.2 Å². The third kappa shape index (κ3) is 8.12. The molecule has 10 heteroatoms. The van der Waals surface area contributed by atoms with E-state index in [2.05, 4.69) is 5.32 Å². The van der Waals surface area contributed by atoms with Gasteiger partial charge in [-0.1, -0.05) is 87.5 Å². The Balaban J connectivity index is 2.00. The monoisotopic (exact) mass is 595 g/mol. The Labute approximate surface area is 242 Å². The minimum absolute atomic E-state index is 0.0304. The van der Waals surface area contributed by atoms with Crippen molar-refractivity contribution in [1.29, 1.82) is 0 Å². The molecule has 1 aliphatic rings. The van der Waals surface area contributed by atoms with Gasteiger partial charge >= 0.3 is 0 Å². The van der Waals surface area contributed by atoms with Crippen LogP contribution in [0.4, 0.5) is 5.69 Å². The fourth-order valence-electron chi connectivity index (χ4n) is 5.12. The molecule has 2 aromatic rings. The number of benzene rings is 2. The van der Waals surface area contributed by atoms with Gasteiger partial charge in [-0.15, -0.1) is 0 Å². The van der Waals surface area contributed by atoms with Gasteiger partial charge in [0.25, 0.3) is 0 Å². The summed E-state index contributed by atoms with van der Waals surface area (Å²) in [5, 5.41) is 3.87. The maximum absolute atomic E-state index is 14.0. The van der Waals surface area contributed by atoms with Gasteiger partial charge in [0.15, 0.2) is 0 Å². The predicted molar refractivity (Wildman–Crippen MR) is 159 cm³/mol. The first-order chi connectivity index (χ1) is 18.4. The molecule has 1 saturated carbocycles. The summed E-state index contributed by atoms with van der Waals surface area (Å²) >= 11 is 12.9. The Kier molecular flexibility index (Phi) is 11.1. The van der Waals surface area contributed by atoms with Crippen molar-refractivity contribution in [3.8, 4) is 0 Å². The van der Waals surface area contributed by atoms with Crippen LogP contribution in [0.25, 0.3) is 0 Å². The second kappa shape index (κ2) is 13.9. The van der Waals surface area contributed by atoms with Gasteiger partial charge in [0.05, 0.1) is 11.9 Å². The summed E-state index contributed by atoms with van der Waals surface area (Å²) < 4.78 is 27.1. The molecule has 2 amide bonds. The molecule has 1 fully saturated rings. The molecule has 0 saturated heterocycles. The smallest absolute Gasteiger partial charge is 0.244 e. The maximum Gasteiger partial charge on any atom is 0.244 e. The largest absolute Gasteiger partial charge is 0.352 e. The average molecular weight is 597 g/mol. The molecular formula is C29H39Cl2N3O4S. The van der Waals surface area contributed by atoms with E-state index < -0.39 is 28.5 Å². The highest BCUT2D eigenvalue weighted by atomic mass is 35.5. The van der Waals surface area contributed by atoms with E-state index in [4.69, 9.17) is 23.2 Å². The predicted octanol–water partition coefficient (Wildman–Crippen LogP) is 6.14. The lowest BCUT2D eigenvalue weighted by molar-refractivity contribution is -0.140. The van der Waals surface area contributed by atoms with E-state index >= 15 is 0 Å². The molecule has 0 aromatic heterocycles. The number of hydrogen-bond acceptors (Lipinski definition) is 4. The molecule has 39 heavy (non-hydrogen) atoms. The molecule has 0 bridgehead atoms. The van der Waals surface area contributed by atoms with Gasteiger partial charge in [-0.3, -0.25) is 13.9 Å². The molecule has 214 valence electrons. The Morgan fingerprint density at radius 1 is 1.00 bits per heavy atom. The first-order valence-electron chi connectivity index (χ1n) is 13.5. The Morgan fingerprint density at radius 3 is 2.18 bits per heavy atom.